The first-order chi connectivity index (χ1) is 7.69. The first-order valence-electron chi connectivity index (χ1n) is 5.19. The zero-order valence-electron chi connectivity index (χ0n) is 9.14. The van der Waals surface area contributed by atoms with Gasteiger partial charge in [0.15, 0.2) is 0 Å². The van der Waals surface area contributed by atoms with Gasteiger partial charge in [-0.3, -0.25) is 0 Å². The van der Waals surface area contributed by atoms with Crippen LogP contribution in [-0.2, 0) is 0 Å². The molecule has 0 aliphatic heterocycles. The van der Waals surface area contributed by atoms with Gasteiger partial charge in [-0.05, 0) is 19.4 Å². The van der Waals surface area contributed by atoms with E-state index in [4.69, 9.17) is 4.74 Å². The highest BCUT2D eigenvalue weighted by Crippen LogP contribution is 2.20. The van der Waals surface area contributed by atoms with Gasteiger partial charge in [0.2, 0.25) is 5.88 Å². The van der Waals surface area contributed by atoms with Gasteiger partial charge in [-0.15, -0.1) is 0 Å². The molecule has 0 aliphatic carbocycles. The van der Waals surface area contributed by atoms with Crippen LogP contribution >= 0.6 is 15.9 Å². The van der Waals surface area contributed by atoms with Crippen molar-refractivity contribution in [3.8, 4) is 5.88 Å². The van der Waals surface area contributed by atoms with Gasteiger partial charge < -0.3 is 14.9 Å². The molecule has 1 heterocycles. The maximum atomic E-state index is 9.79. The number of halogens is 1. The van der Waals surface area contributed by atoms with Crippen molar-refractivity contribution in [2.75, 3.05) is 11.9 Å². The van der Waals surface area contributed by atoms with Crippen molar-refractivity contribution in [1.29, 1.82) is 0 Å². The van der Waals surface area contributed by atoms with Gasteiger partial charge in [0.25, 0.3) is 0 Å². The van der Waals surface area contributed by atoms with E-state index in [1.165, 1.54) is 6.20 Å². The lowest BCUT2D eigenvalue weighted by atomic mass is 10.1. The summed E-state index contributed by atoms with van der Waals surface area (Å²) in [6.07, 6.45) is 0.335. The fraction of sp³-hybridized carbons (Fsp3) is 0.545. The molecular weight excluding hydrogens is 274 g/mol. The minimum Gasteiger partial charge on any atom is -0.478 e. The first kappa shape index (κ1) is 13.4. The van der Waals surface area contributed by atoms with Crippen LogP contribution in [0.15, 0.2) is 18.3 Å². The zero-order valence-corrected chi connectivity index (χ0v) is 10.7. The molecule has 0 fully saturated rings. The number of rotatable bonds is 6. The predicted octanol–water partition coefficient (Wildman–Crippen LogP) is 1.66. The predicted molar refractivity (Wildman–Crippen MR) is 64.8 cm³/mol. The second kappa shape index (κ2) is 6.83. The maximum Gasteiger partial charge on any atom is 0.213 e. The largest absolute Gasteiger partial charge is 0.478 e. The number of alkyl halides is 1. The summed E-state index contributed by atoms with van der Waals surface area (Å²) in [6.45, 7) is 2.44. The quantitative estimate of drug-likeness (QED) is 0.782. The molecule has 1 aromatic rings. The molecule has 0 saturated carbocycles. The normalized spacial score (nSPS) is 14.5. The Morgan fingerprint density at radius 3 is 2.69 bits per heavy atom. The summed E-state index contributed by atoms with van der Waals surface area (Å²) in [7, 11) is 0. The van der Waals surface area contributed by atoms with Crippen molar-refractivity contribution in [2.24, 2.45) is 0 Å². The van der Waals surface area contributed by atoms with Crippen LogP contribution in [0, 0.1) is 0 Å². The third kappa shape index (κ3) is 3.73. The molecule has 16 heavy (non-hydrogen) atoms. The number of hydrogen-bond donors (Lipinski definition) is 2. The molecule has 0 aliphatic rings. The average Bonchev–Trinajstić information content (AvgIpc) is 2.30. The summed E-state index contributed by atoms with van der Waals surface area (Å²) >= 11 is 3.22. The monoisotopic (exact) mass is 289 g/mol. The van der Waals surface area contributed by atoms with Crippen LogP contribution in [0.2, 0.25) is 0 Å². The van der Waals surface area contributed by atoms with Crippen molar-refractivity contribution < 1.29 is 14.9 Å². The van der Waals surface area contributed by atoms with E-state index in [0.717, 1.165) is 0 Å². The second-order valence-electron chi connectivity index (χ2n) is 3.35. The lowest BCUT2D eigenvalue weighted by Crippen LogP contribution is -2.18. The molecule has 2 atom stereocenters. The molecule has 0 radical (unpaired) electrons. The summed E-state index contributed by atoms with van der Waals surface area (Å²) < 4.78 is 5.19. The number of pyridine rings is 1. The minimum absolute atomic E-state index is 0.494. The Morgan fingerprint density at radius 1 is 1.44 bits per heavy atom. The van der Waals surface area contributed by atoms with Crippen LogP contribution in [0.4, 0.5) is 0 Å². The Balaban J connectivity index is 2.65. The van der Waals surface area contributed by atoms with E-state index >= 15 is 0 Å². The molecule has 1 aromatic heterocycles. The number of hydrogen-bond acceptors (Lipinski definition) is 4. The molecule has 2 N–H and O–H groups in total. The molecule has 0 aromatic carbocycles. The first-order valence-corrected chi connectivity index (χ1v) is 6.32. The Morgan fingerprint density at radius 2 is 2.19 bits per heavy atom. The molecule has 0 amide bonds. The molecular formula is C11H16BrNO3. The van der Waals surface area contributed by atoms with E-state index in [-0.39, 0.29) is 0 Å². The molecule has 0 saturated heterocycles. The van der Waals surface area contributed by atoms with E-state index < -0.39 is 12.2 Å². The molecule has 5 heteroatoms. The van der Waals surface area contributed by atoms with Crippen molar-refractivity contribution >= 4 is 15.9 Å². The number of ether oxygens (including phenoxy) is 1. The average molecular weight is 290 g/mol. The van der Waals surface area contributed by atoms with Gasteiger partial charge in [-0.1, -0.05) is 15.9 Å². The van der Waals surface area contributed by atoms with Gasteiger partial charge in [-0.25, -0.2) is 4.98 Å². The SMILES string of the molecule is CCOc1ccc(C(O)C(O)CCBr)cn1. The highest BCUT2D eigenvalue weighted by Gasteiger charge is 2.17. The Bertz CT molecular complexity index is 305. The molecule has 90 valence electrons. The topological polar surface area (TPSA) is 62.6 Å². The number of aliphatic hydroxyl groups is 2. The van der Waals surface area contributed by atoms with Crippen molar-refractivity contribution in [2.45, 2.75) is 25.6 Å². The van der Waals surface area contributed by atoms with Gasteiger partial charge in [0, 0.05) is 23.2 Å². The summed E-state index contributed by atoms with van der Waals surface area (Å²) in [4.78, 5) is 4.03. The van der Waals surface area contributed by atoms with Gasteiger partial charge in [0.1, 0.15) is 6.10 Å². The van der Waals surface area contributed by atoms with Crippen LogP contribution in [0.25, 0.3) is 0 Å². The van der Waals surface area contributed by atoms with Crippen LogP contribution in [0.1, 0.15) is 25.0 Å². The van der Waals surface area contributed by atoms with E-state index in [0.29, 0.717) is 29.8 Å². The highest BCUT2D eigenvalue weighted by atomic mass is 79.9. The van der Waals surface area contributed by atoms with Crippen molar-refractivity contribution in [3.05, 3.63) is 23.9 Å². The van der Waals surface area contributed by atoms with Crippen LogP contribution in [0.3, 0.4) is 0 Å². The zero-order chi connectivity index (χ0) is 12.0. The van der Waals surface area contributed by atoms with Crippen molar-refractivity contribution in [3.63, 3.8) is 0 Å². The Kier molecular flexibility index (Phi) is 5.73. The lowest BCUT2D eigenvalue weighted by Gasteiger charge is -2.16. The third-order valence-electron chi connectivity index (χ3n) is 2.16. The van der Waals surface area contributed by atoms with Gasteiger partial charge in [-0.2, -0.15) is 0 Å². The van der Waals surface area contributed by atoms with E-state index in [9.17, 15) is 10.2 Å². The Hall–Kier alpha value is -0.650. The minimum atomic E-state index is -0.902. The van der Waals surface area contributed by atoms with Crippen LogP contribution < -0.4 is 4.74 Å². The van der Waals surface area contributed by atoms with Gasteiger partial charge in [0.05, 0.1) is 12.7 Å². The number of aromatic nitrogens is 1. The highest BCUT2D eigenvalue weighted by molar-refractivity contribution is 9.09. The number of nitrogens with zero attached hydrogens (tertiary/aromatic N) is 1. The fourth-order valence-corrected chi connectivity index (χ4v) is 1.76. The molecule has 2 unspecified atom stereocenters. The lowest BCUT2D eigenvalue weighted by molar-refractivity contribution is 0.0171. The molecule has 0 bridgehead atoms. The second-order valence-corrected chi connectivity index (χ2v) is 4.15. The maximum absolute atomic E-state index is 9.79. The smallest absolute Gasteiger partial charge is 0.213 e. The van der Waals surface area contributed by atoms with E-state index in [1.54, 1.807) is 12.1 Å². The van der Waals surface area contributed by atoms with E-state index in [2.05, 4.69) is 20.9 Å². The summed E-state index contributed by atoms with van der Waals surface area (Å²) in [5.41, 5.74) is 0.594. The van der Waals surface area contributed by atoms with Crippen LogP contribution in [0.5, 0.6) is 5.88 Å². The van der Waals surface area contributed by atoms with Gasteiger partial charge >= 0.3 is 0 Å². The number of aliphatic hydroxyl groups excluding tert-OH is 2. The molecule has 4 nitrogen and oxygen atoms in total. The van der Waals surface area contributed by atoms with E-state index in [1.807, 2.05) is 6.92 Å². The molecule has 1 rings (SSSR count). The Labute approximate surface area is 103 Å². The standard InChI is InChI=1S/C11H16BrNO3/c1-2-16-10-4-3-8(7-13-10)11(15)9(14)5-6-12/h3-4,7,9,11,14-15H,2,5-6H2,1H3. The summed E-state index contributed by atoms with van der Waals surface area (Å²) in [5.74, 6) is 0.522. The fourth-order valence-electron chi connectivity index (χ4n) is 1.29. The third-order valence-corrected chi connectivity index (χ3v) is 2.62. The summed E-state index contributed by atoms with van der Waals surface area (Å²) in [5, 5.41) is 20.0. The van der Waals surface area contributed by atoms with Crippen LogP contribution in [-0.4, -0.2) is 33.2 Å². The van der Waals surface area contributed by atoms with Crippen molar-refractivity contribution in [1.82, 2.24) is 4.98 Å². The molecule has 0 spiro atoms. The summed E-state index contributed by atoms with van der Waals surface area (Å²) in [6, 6.07) is 3.39.